The molecule has 0 fully saturated rings. The summed E-state index contributed by atoms with van der Waals surface area (Å²) in [6.45, 7) is 0. The van der Waals surface area contributed by atoms with Crippen LogP contribution in [0.5, 0.6) is 0 Å². The van der Waals surface area contributed by atoms with Crippen molar-refractivity contribution in [2.45, 2.75) is 25.7 Å². The monoisotopic (exact) mass is 276 g/mol. The van der Waals surface area contributed by atoms with Crippen LogP contribution < -0.4 is 0 Å². The summed E-state index contributed by atoms with van der Waals surface area (Å²) in [6.07, 6.45) is 6.81. The summed E-state index contributed by atoms with van der Waals surface area (Å²) in [5.74, 6) is 0. The van der Waals surface area contributed by atoms with Crippen LogP contribution in [0.1, 0.15) is 24.2 Å². The normalized spacial score (nSPS) is 14.8. The third-order valence-electron chi connectivity index (χ3n) is 3.12. The van der Waals surface area contributed by atoms with Crippen molar-refractivity contribution in [3.63, 3.8) is 0 Å². The fourth-order valence-corrected chi connectivity index (χ4v) is 2.70. The summed E-state index contributed by atoms with van der Waals surface area (Å²) in [6, 6.07) is 8.37. The van der Waals surface area contributed by atoms with Crippen molar-refractivity contribution in [1.29, 1.82) is 0 Å². The van der Waals surface area contributed by atoms with Crippen LogP contribution in [0.2, 0.25) is 0 Å². The van der Waals surface area contributed by atoms with Gasteiger partial charge in [0.15, 0.2) is 0 Å². The predicted molar refractivity (Wildman–Crippen MR) is 67.9 cm³/mol. The van der Waals surface area contributed by atoms with E-state index in [1.807, 2.05) is 12.4 Å². The van der Waals surface area contributed by atoms with E-state index in [1.54, 1.807) is 0 Å². The SMILES string of the molecule is Brc1cccc(-n2cnc3c2CCCC3)c1. The molecule has 0 amide bonds. The zero-order chi connectivity index (χ0) is 11.0. The molecule has 1 aromatic carbocycles. The molecule has 0 atom stereocenters. The molecule has 0 spiro atoms. The van der Waals surface area contributed by atoms with Gasteiger partial charge in [-0.25, -0.2) is 4.98 Å². The summed E-state index contributed by atoms with van der Waals surface area (Å²) in [7, 11) is 0. The molecule has 16 heavy (non-hydrogen) atoms. The van der Waals surface area contributed by atoms with Gasteiger partial charge in [-0.15, -0.1) is 0 Å². The maximum Gasteiger partial charge on any atom is 0.0997 e. The quantitative estimate of drug-likeness (QED) is 0.780. The molecule has 0 radical (unpaired) electrons. The van der Waals surface area contributed by atoms with Crippen molar-refractivity contribution in [3.05, 3.63) is 46.5 Å². The third kappa shape index (κ3) is 1.69. The largest absolute Gasteiger partial charge is 0.303 e. The minimum atomic E-state index is 1.11. The van der Waals surface area contributed by atoms with Crippen LogP contribution in [0.3, 0.4) is 0 Å². The highest BCUT2D eigenvalue weighted by Crippen LogP contribution is 2.24. The first-order valence-electron chi connectivity index (χ1n) is 5.65. The number of fused-ring (bicyclic) bond motifs is 1. The Morgan fingerprint density at radius 3 is 2.94 bits per heavy atom. The summed E-state index contributed by atoms with van der Waals surface area (Å²) in [4.78, 5) is 4.51. The van der Waals surface area contributed by atoms with E-state index in [4.69, 9.17) is 0 Å². The maximum atomic E-state index is 4.51. The minimum Gasteiger partial charge on any atom is -0.303 e. The molecule has 0 N–H and O–H groups in total. The molecule has 0 saturated carbocycles. The number of aromatic nitrogens is 2. The molecular weight excluding hydrogens is 264 g/mol. The van der Waals surface area contributed by atoms with Crippen LogP contribution in [0.4, 0.5) is 0 Å². The summed E-state index contributed by atoms with van der Waals surface area (Å²) < 4.78 is 3.34. The van der Waals surface area contributed by atoms with Crippen LogP contribution in [0, 0.1) is 0 Å². The lowest BCUT2D eigenvalue weighted by molar-refractivity contribution is 0.656. The van der Waals surface area contributed by atoms with E-state index in [1.165, 1.54) is 29.9 Å². The number of hydrogen-bond acceptors (Lipinski definition) is 1. The molecule has 0 aliphatic heterocycles. The van der Waals surface area contributed by atoms with Crippen molar-refractivity contribution in [2.24, 2.45) is 0 Å². The van der Waals surface area contributed by atoms with Gasteiger partial charge >= 0.3 is 0 Å². The Morgan fingerprint density at radius 2 is 2.06 bits per heavy atom. The molecule has 1 aliphatic rings. The van der Waals surface area contributed by atoms with Gasteiger partial charge in [0.25, 0.3) is 0 Å². The van der Waals surface area contributed by atoms with Gasteiger partial charge in [-0.2, -0.15) is 0 Å². The standard InChI is InChI=1S/C13H13BrN2/c14-10-4-3-5-11(8-10)16-9-15-12-6-1-2-7-13(12)16/h3-5,8-9H,1-2,6-7H2. The van der Waals surface area contributed by atoms with Gasteiger partial charge < -0.3 is 4.57 Å². The molecule has 1 aliphatic carbocycles. The first kappa shape index (κ1) is 10.1. The highest BCUT2D eigenvalue weighted by atomic mass is 79.9. The number of benzene rings is 1. The van der Waals surface area contributed by atoms with E-state index in [-0.39, 0.29) is 0 Å². The van der Waals surface area contributed by atoms with E-state index < -0.39 is 0 Å². The zero-order valence-electron chi connectivity index (χ0n) is 8.99. The topological polar surface area (TPSA) is 17.8 Å². The van der Waals surface area contributed by atoms with E-state index in [9.17, 15) is 0 Å². The zero-order valence-corrected chi connectivity index (χ0v) is 10.6. The summed E-state index contributed by atoms with van der Waals surface area (Å²) >= 11 is 3.51. The molecule has 2 aromatic rings. The highest BCUT2D eigenvalue weighted by Gasteiger charge is 2.15. The minimum absolute atomic E-state index is 1.11. The lowest BCUT2D eigenvalue weighted by atomic mass is 10.0. The van der Waals surface area contributed by atoms with Crippen LogP contribution in [-0.2, 0) is 12.8 Å². The van der Waals surface area contributed by atoms with Gasteiger partial charge in [0, 0.05) is 15.9 Å². The molecule has 1 heterocycles. The second-order valence-corrected chi connectivity index (χ2v) is 5.11. The predicted octanol–water partition coefficient (Wildman–Crippen LogP) is 3.51. The molecule has 82 valence electrons. The van der Waals surface area contributed by atoms with E-state index >= 15 is 0 Å². The van der Waals surface area contributed by atoms with Gasteiger partial charge in [0.2, 0.25) is 0 Å². The van der Waals surface area contributed by atoms with E-state index in [0.29, 0.717) is 0 Å². The van der Waals surface area contributed by atoms with Crippen LogP contribution in [0.15, 0.2) is 35.1 Å². The lowest BCUT2D eigenvalue weighted by Crippen LogP contribution is -2.06. The molecular formula is C13H13BrN2. The Hall–Kier alpha value is -1.09. The van der Waals surface area contributed by atoms with Gasteiger partial charge in [0.1, 0.15) is 0 Å². The van der Waals surface area contributed by atoms with Crippen LogP contribution in [-0.4, -0.2) is 9.55 Å². The average Bonchev–Trinajstić information content (AvgIpc) is 2.72. The molecule has 2 nitrogen and oxygen atoms in total. The van der Waals surface area contributed by atoms with E-state index in [0.717, 1.165) is 17.3 Å². The third-order valence-corrected chi connectivity index (χ3v) is 3.61. The number of rotatable bonds is 1. The van der Waals surface area contributed by atoms with Crippen molar-refractivity contribution in [3.8, 4) is 5.69 Å². The Labute approximate surface area is 103 Å². The second kappa shape index (κ2) is 4.06. The van der Waals surface area contributed by atoms with Crippen molar-refractivity contribution < 1.29 is 0 Å². The molecule has 0 bridgehead atoms. The van der Waals surface area contributed by atoms with Crippen LogP contribution >= 0.6 is 15.9 Å². The molecule has 0 saturated heterocycles. The van der Waals surface area contributed by atoms with Crippen molar-refractivity contribution >= 4 is 15.9 Å². The number of hydrogen-bond donors (Lipinski definition) is 0. The summed E-state index contributed by atoms with van der Waals surface area (Å²) in [5, 5.41) is 0. The number of nitrogens with zero attached hydrogens (tertiary/aromatic N) is 2. The van der Waals surface area contributed by atoms with Crippen LogP contribution in [0.25, 0.3) is 5.69 Å². The summed E-state index contributed by atoms with van der Waals surface area (Å²) in [5.41, 5.74) is 3.88. The molecule has 3 heteroatoms. The van der Waals surface area contributed by atoms with Gasteiger partial charge in [0.05, 0.1) is 12.0 Å². The van der Waals surface area contributed by atoms with Crippen molar-refractivity contribution in [2.75, 3.05) is 0 Å². The molecule has 0 unspecified atom stereocenters. The van der Waals surface area contributed by atoms with Gasteiger partial charge in [-0.05, 0) is 43.9 Å². The Bertz CT molecular complexity index is 516. The highest BCUT2D eigenvalue weighted by molar-refractivity contribution is 9.10. The average molecular weight is 277 g/mol. The Balaban J connectivity index is 2.09. The second-order valence-electron chi connectivity index (χ2n) is 4.19. The molecule has 1 aromatic heterocycles. The van der Waals surface area contributed by atoms with Gasteiger partial charge in [-0.3, -0.25) is 0 Å². The first-order valence-corrected chi connectivity index (χ1v) is 6.45. The van der Waals surface area contributed by atoms with Gasteiger partial charge in [-0.1, -0.05) is 22.0 Å². The number of imidazole rings is 1. The number of aryl methyl sites for hydroxylation is 1. The fourth-order valence-electron chi connectivity index (χ4n) is 2.32. The van der Waals surface area contributed by atoms with Crippen molar-refractivity contribution in [1.82, 2.24) is 9.55 Å². The first-order chi connectivity index (χ1) is 7.84. The smallest absolute Gasteiger partial charge is 0.0997 e. The fraction of sp³-hybridized carbons (Fsp3) is 0.308. The maximum absolute atomic E-state index is 4.51. The Morgan fingerprint density at radius 1 is 1.19 bits per heavy atom. The Kier molecular flexibility index (Phi) is 2.56. The van der Waals surface area contributed by atoms with E-state index in [2.05, 4.69) is 43.7 Å². The number of halogens is 1. The lowest BCUT2D eigenvalue weighted by Gasteiger charge is -2.14. The molecule has 3 rings (SSSR count).